The molecule has 0 heterocycles. The topological polar surface area (TPSA) is 44.0 Å². The predicted octanol–water partition coefficient (Wildman–Crippen LogP) is 3.36. The van der Waals surface area contributed by atoms with Gasteiger partial charge in [-0.15, -0.1) is 0 Å². The molecule has 0 aromatic heterocycles. The van der Waals surface area contributed by atoms with Crippen LogP contribution in [0.1, 0.15) is 38.7 Å². The molecule has 1 aliphatic rings. The molecule has 3 atom stereocenters. The largest absolute Gasteiger partial charge is 0.384 e. The molecule has 0 amide bonds. The lowest BCUT2D eigenvalue weighted by Crippen LogP contribution is -2.41. The summed E-state index contributed by atoms with van der Waals surface area (Å²) in [4.78, 5) is 0. The van der Waals surface area contributed by atoms with E-state index in [9.17, 15) is 14.8 Å². The maximum absolute atomic E-state index is 13.9. The zero-order chi connectivity index (χ0) is 13.4. The van der Waals surface area contributed by atoms with Gasteiger partial charge in [0.1, 0.15) is 11.4 Å². The minimum absolute atomic E-state index is 0.223. The Morgan fingerprint density at radius 2 is 2.17 bits per heavy atom. The standard InChI is InChI=1S/C15H18FNO/c1-11-7-8-15(9-11,10-17)14(2,18)12-5-3-4-6-13(12)16/h3-6,11,18H,7-9H2,1-2H3. The van der Waals surface area contributed by atoms with Crippen LogP contribution in [0.15, 0.2) is 24.3 Å². The van der Waals surface area contributed by atoms with Crippen LogP contribution in [0, 0.1) is 28.5 Å². The Hall–Kier alpha value is -1.40. The fourth-order valence-corrected chi connectivity index (χ4v) is 3.06. The number of nitriles is 1. The van der Waals surface area contributed by atoms with Crippen LogP contribution in [0.5, 0.6) is 0 Å². The van der Waals surface area contributed by atoms with Crippen molar-refractivity contribution in [2.45, 2.75) is 38.7 Å². The van der Waals surface area contributed by atoms with Crippen molar-refractivity contribution in [1.29, 1.82) is 5.26 Å². The highest BCUT2D eigenvalue weighted by Crippen LogP contribution is 2.53. The summed E-state index contributed by atoms with van der Waals surface area (Å²) in [5.41, 5.74) is -2.10. The quantitative estimate of drug-likeness (QED) is 0.870. The van der Waals surface area contributed by atoms with Crippen molar-refractivity contribution in [3.63, 3.8) is 0 Å². The SMILES string of the molecule is CC1CCC(C#N)(C(C)(O)c2ccccc2F)C1. The van der Waals surface area contributed by atoms with Gasteiger partial charge in [0.05, 0.1) is 11.5 Å². The average Bonchev–Trinajstić information content (AvgIpc) is 2.73. The molecule has 0 aliphatic heterocycles. The highest BCUT2D eigenvalue weighted by Gasteiger charge is 2.53. The minimum atomic E-state index is -1.45. The molecular weight excluding hydrogens is 229 g/mol. The molecule has 0 radical (unpaired) electrons. The Morgan fingerprint density at radius 3 is 2.67 bits per heavy atom. The lowest BCUT2D eigenvalue weighted by Gasteiger charge is -2.38. The highest BCUT2D eigenvalue weighted by atomic mass is 19.1. The molecule has 1 aromatic carbocycles. The number of rotatable bonds is 2. The molecule has 1 aliphatic carbocycles. The van der Waals surface area contributed by atoms with Gasteiger partial charge in [-0.3, -0.25) is 0 Å². The van der Waals surface area contributed by atoms with Crippen molar-refractivity contribution in [3.8, 4) is 6.07 Å². The van der Waals surface area contributed by atoms with E-state index in [-0.39, 0.29) is 5.56 Å². The molecule has 1 N–H and O–H groups in total. The minimum Gasteiger partial charge on any atom is -0.384 e. The van der Waals surface area contributed by atoms with E-state index >= 15 is 0 Å². The van der Waals surface area contributed by atoms with Gasteiger partial charge in [0, 0.05) is 5.56 Å². The second-order valence-electron chi connectivity index (χ2n) is 5.59. The lowest BCUT2D eigenvalue weighted by atomic mass is 9.68. The molecule has 0 saturated heterocycles. The van der Waals surface area contributed by atoms with Crippen molar-refractivity contribution in [2.24, 2.45) is 11.3 Å². The Balaban J connectivity index is 2.48. The molecule has 1 saturated carbocycles. The number of benzene rings is 1. The number of hydrogen-bond donors (Lipinski definition) is 1. The van der Waals surface area contributed by atoms with Gasteiger partial charge in [-0.05, 0) is 38.2 Å². The summed E-state index contributed by atoms with van der Waals surface area (Å²) in [5, 5.41) is 20.3. The van der Waals surface area contributed by atoms with Crippen LogP contribution in [0.25, 0.3) is 0 Å². The van der Waals surface area contributed by atoms with E-state index in [1.54, 1.807) is 25.1 Å². The van der Waals surface area contributed by atoms with Crippen molar-refractivity contribution >= 4 is 0 Å². The number of halogens is 1. The molecule has 3 heteroatoms. The van der Waals surface area contributed by atoms with Gasteiger partial charge in [-0.2, -0.15) is 5.26 Å². The zero-order valence-electron chi connectivity index (χ0n) is 10.8. The second kappa shape index (κ2) is 4.37. The van der Waals surface area contributed by atoms with Crippen LogP contribution in [0.3, 0.4) is 0 Å². The van der Waals surface area contributed by atoms with Crippen molar-refractivity contribution in [3.05, 3.63) is 35.6 Å². The Kier molecular flexibility index (Phi) is 3.16. The van der Waals surface area contributed by atoms with Crippen LogP contribution < -0.4 is 0 Å². The summed E-state index contributed by atoms with van der Waals surface area (Å²) in [6.07, 6.45) is 2.13. The normalized spacial score (nSPS) is 30.7. The molecule has 96 valence electrons. The van der Waals surface area contributed by atoms with E-state index in [2.05, 4.69) is 13.0 Å². The fourth-order valence-electron chi connectivity index (χ4n) is 3.06. The summed E-state index contributed by atoms with van der Waals surface area (Å²) in [6.45, 7) is 3.63. The lowest BCUT2D eigenvalue weighted by molar-refractivity contribution is -0.0465. The number of hydrogen-bond acceptors (Lipinski definition) is 2. The van der Waals surface area contributed by atoms with Crippen LogP contribution in [0.4, 0.5) is 4.39 Å². The second-order valence-corrected chi connectivity index (χ2v) is 5.59. The van der Waals surface area contributed by atoms with Crippen LogP contribution in [-0.2, 0) is 5.60 Å². The van der Waals surface area contributed by atoms with Crippen LogP contribution in [0.2, 0.25) is 0 Å². The van der Waals surface area contributed by atoms with Gasteiger partial charge in [0.25, 0.3) is 0 Å². The average molecular weight is 247 g/mol. The van der Waals surface area contributed by atoms with E-state index in [0.717, 1.165) is 6.42 Å². The number of nitrogens with zero attached hydrogens (tertiary/aromatic N) is 1. The summed E-state index contributed by atoms with van der Waals surface area (Å²) in [7, 11) is 0. The predicted molar refractivity (Wildman–Crippen MR) is 67.0 cm³/mol. The third-order valence-electron chi connectivity index (χ3n) is 4.31. The van der Waals surface area contributed by atoms with Gasteiger partial charge in [-0.25, -0.2) is 4.39 Å². The third kappa shape index (κ3) is 1.81. The maximum atomic E-state index is 13.9. The molecule has 0 bridgehead atoms. The monoisotopic (exact) mass is 247 g/mol. The van der Waals surface area contributed by atoms with Crippen molar-refractivity contribution in [1.82, 2.24) is 0 Å². The van der Waals surface area contributed by atoms with E-state index in [4.69, 9.17) is 0 Å². The molecule has 2 rings (SSSR count). The van der Waals surface area contributed by atoms with E-state index in [1.165, 1.54) is 6.07 Å². The summed E-state index contributed by atoms with van der Waals surface area (Å²) in [5.74, 6) is -0.0559. The fraction of sp³-hybridized carbons (Fsp3) is 0.533. The molecule has 3 unspecified atom stereocenters. The van der Waals surface area contributed by atoms with Gasteiger partial charge < -0.3 is 5.11 Å². The van der Waals surface area contributed by atoms with Gasteiger partial charge in [0.2, 0.25) is 0 Å². The van der Waals surface area contributed by atoms with Gasteiger partial charge in [-0.1, -0.05) is 25.1 Å². The smallest absolute Gasteiger partial charge is 0.129 e. The molecule has 1 fully saturated rings. The van der Waals surface area contributed by atoms with Gasteiger partial charge >= 0.3 is 0 Å². The molecule has 2 nitrogen and oxygen atoms in total. The highest BCUT2D eigenvalue weighted by molar-refractivity contribution is 5.30. The zero-order valence-corrected chi connectivity index (χ0v) is 10.8. The Bertz CT molecular complexity index is 492. The first kappa shape index (κ1) is 13.0. The molecule has 1 aromatic rings. The summed E-state index contributed by atoms with van der Waals surface area (Å²) >= 11 is 0. The Morgan fingerprint density at radius 1 is 1.50 bits per heavy atom. The maximum Gasteiger partial charge on any atom is 0.129 e. The van der Waals surface area contributed by atoms with E-state index in [0.29, 0.717) is 18.8 Å². The van der Waals surface area contributed by atoms with Crippen molar-refractivity contribution in [2.75, 3.05) is 0 Å². The molecule has 18 heavy (non-hydrogen) atoms. The summed E-state index contributed by atoms with van der Waals surface area (Å²) < 4.78 is 13.9. The molecule has 0 spiro atoms. The van der Waals surface area contributed by atoms with Crippen LogP contribution in [-0.4, -0.2) is 5.11 Å². The first-order valence-electron chi connectivity index (χ1n) is 6.31. The van der Waals surface area contributed by atoms with E-state index < -0.39 is 16.8 Å². The van der Waals surface area contributed by atoms with Gasteiger partial charge in [0.15, 0.2) is 0 Å². The Labute approximate surface area is 107 Å². The van der Waals surface area contributed by atoms with Crippen molar-refractivity contribution < 1.29 is 9.50 Å². The number of aliphatic hydroxyl groups is 1. The summed E-state index contributed by atoms with van der Waals surface area (Å²) in [6, 6.07) is 8.43. The molecular formula is C15H18FNO. The third-order valence-corrected chi connectivity index (χ3v) is 4.31. The first-order valence-corrected chi connectivity index (χ1v) is 6.31. The first-order chi connectivity index (χ1) is 8.43. The van der Waals surface area contributed by atoms with Crippen LogP contribution >= 0.6 is 0 Å². The van der Waals surface area contributed by atoms with E-state index in [1.807, 2.05) is 0 Å².